The number of anilines is 2. The average Bonchev–Trinajstić information content (AvgIpc) is 2.78. The van der Waals surface area contributed by atoms with Crippen molar-refractivity contribution in [2.45, 2.75) is 20.1 Å². The topological polar surface area (TPSA) is 120 Å². The Morgan fingerprint density at radius 3 is 1.97 bits per heavy atom. The minimum Gasteiger partial charge on any atom is -0.493 e. The van der Waals surface area contributed by atoms with Crippen LogP contribution < -0.4 is 30.2 Å². The van der Waals surface area contributed by atoms with Gasteiger partial charge in [0.1, 0.15) is 0 Å². The lowest BCUT2D eigenvalue weighted by molar-refractivity contribution is -0.0937. The molecule has 1 aromatic heterocycles. The number of rotatable bonds is 9. The Balaban J connectivity index is 2.24. The van der Waals surface area contributed by atoms with Gasteiger partial charge >= 0.3 is 0 Å². The highest BCUT2D eigenvalue weighted by atomic mass is 32.1. The van der Waals surface area contributed by atoms with E-state index in [1.807, 2.05) is 19.9 Å². The van der Waals surface area contributed by atoms with Crippen molar-refractivity contribution in [3.05, 3.63) is 29.6 Å². The molecule has 2 rings (SSSR count). The van der Waals surface area contributed by atoms with Crippen molar-refractivity contribution in [2.24, 2.45) is 4.99 Å². The minimum atomic E-state index is -0.527. The van der Waals surface area contributed by atoms with Crippen molar-refractivity contribution in [3.63, 3.8) is 0 Å². The molecule has 0 bridgehead atoms. The number of benzene rings is 1. The van der Waals surface area contributed by atoms with Crippen LogP contribution in [0.2, 0.25) is 0 Å². The van der Waals surface area contributed by atoms with Gasteiger partial charge in [0.2, 0.25) is 17.7 Å². The first-order chi connectivity index (χ1) is 15.8. The predicted molar refractivity (Wildman–Crippen MR) is 131 cm³/mol. The van der Waals surface area contributed by atoms with Crippen LogP contribution in [0.3, 0.4) is 0 Å². The van der Waals surface area contributed by atoms with E-state index in [2.05, 4.69) is 30.9 Å². The summed E-state index contributed by atoms with van der Waals surface area (Å²) in [5.74, 6) is 2.14. The molecule has 0 aliphatic heterocycles. The molecule has 0 saturated carbocycles. The molecule has 0 amide bonds. The summed E-state index contributed by atoms with van der Waals surface area (Å²) in [5.41, 5.74) is 2.25. The van der Waals surface area contributed by atoms with Gasteiger partial charge in [-0.25, -0.2) is 15.0 Å². The fraction of sp³-hybridized carbons (Fsp3) is 0.429. The van der Waals surface area contributed by atoms with Gasteiger partial charge in [0, 0.05) is 43.4 Å². The number of hydrogen-bond donors (Lipinski definition) is 3. The molecule has 0 aliphatic carbocycles. The number of ether oxygens (including phenoxy) is 5. The largest absolute Gasteiger partial charge is 0.493 e. The van der Waals surface area contributed by atoms with E-state index >= 15 is 0 Å². The number of methoxy groups -OCH3 is 5. The molecular weight excluding hydrogens is 448 g/mol. The van der Waals surface area contributed by atoms with Crippen LogP contribution in [-0.2, 0) is 9.47 Å². The zero-order chi connectivity index (χ0) is 24.4. The van der Waals surface area contributed by atoms with Crippen molar-refractivity contribution >= 4 is 34.9 Å². The third-order valence-corrected chi connectivity index (χ3v) is 4.50. The molecule has 0 spiro atoms. The molecule has 1 heterocycles. The first-order valence-electron chi connectivity index (χ1n) is 9.90. The summed E-state index contributed by atoms with van der Waals surface area (Å²) in [4.78, 5) is 13.2. The third-order valence-electron chi connectivity index (χ3n) is 4.29. The van der Waals surface area contributed by atoms with Crippen molar-refractivity contribution in [3.8, 4) is 17.2 Å². The number of aromatic nitrogens is 2. The fourth-order valence-corrected chi connectivity index (χ4v) is 3.05. The molecule has 0 atom stereocenters. The second-order valence-corrected chi connectivity index (χ2v) is 7.09. The van der Waals surface area contributed by atoms with Gasteiger partial charge in [-0.2, -0.15) is 0 Å². The average molecular weight is 479 g/mol. The van der Waals surface area contributed by atoms with Gasteiger partial charge in [0.15, 0.2) is 22.9 Å². The highest BCUT2D eigenvalue weighted by molar-refractivity contribution is 7.80. The van der Waals surface area contributed by atoms with Crippen LogP contribution in [0.25, 0.3) is 0 Å². The van der Waals surface area contributed by atoms with Crippen LogP contribution in [0.4, 0.5) is 11.6 Å². The first-order valence-corrected chi connectivity index (χ1v) is 10.3. The number of nitrogens with zero attached hydrogens (tertiary/aromatic N) is 3. The Labute approximate surface area is 198 Å². The Bertz CT molecular complexity index is 938. The van der Waals surface area contributed by atoms with E-state index in [0.29, 0.717) is 34.8 Å². The van der Waals surface area contributed by atoms with Gasteiger partial charge in [0.05, 0.1) is 27.9 Å². The molecule has 12 heteroatoms. The van der Waals surface area contributed by atoms with Gasteiger partial charge in [-0.05, 0) is 32.1 Å². The van der Waals surface area contributed by atoms with Crippen LogP contribution in [0, 0.1) is 13.8 Å². The summed E-state index contributed by atoms with van der Waals surface area (Å²) in [5, 5.41) is 9.40. The number of aryl methyl sites for hydroxylation is 2. The fourth-order valence-electron chi connectivity index (χ4n) is 2.83. The molecule has 0 saturated heterocycles. The number of guanidine groups is 1. The Morgan fingerprint density at radius 1 is 0.909 bits per heavy atom. The Hall–Kier alpha value is -3.22. The molecule has 0 unspecified atom stereocenters. The van der Waals surface area contributed by atoms with Crippen LogP contribution in [0.15, 0.2) is 23.2 Å². The second kappa shape index (κ2) is 12.7. The third kappa shape index (κ3) is 7.70. The highest BCUT2D eigenvalue weighted by Gasteiger charge is 2.15. The van der Waals surface area contributed by atoms with E-state index in [9.17, 15) is 0 Å². The summed E-state index contributed by atoms with van der Waals surface area (Å²) in [7, 11) is 7.69. The lowest BCUT2D eigenvalue weighted by Crippen LogP contribution is -2.40. The zero-order valence-corrected chi connectivity index (χ0v) is 20.6. The second-order valence-electron chi connectivity index (χ2n) is 6.68. The van der Waals surface area contributed by atoms with E-state index < -0.39 is 6.29 Å². The van der Waals surface area contributed by atoms with Crippen molar-refractivity contribution in [1.29, 1.82) is 0 Å². The smallest absolute Gasteiger partial charge is 0.229 e. The monoisotopic (exact) mass is 478 g/mol. The molecule has 0 fully saturated rings. The number of hydrogen-bond acceptors (Lipinski definition) is 9. The molecule has 33 heavy (non-hydrogen) atoms. The summed E-state index contributed by atoms with van der Waals surface area (Å²) in [6.07, 6.45) is -0.527. The molecule has 2 aromatic rings. The molecule has 11 nitrogen and oxygen atoms in total. The van der Waals surface area contributed by atoms with Crippen LogP contribution >= 0.6 is 12.2 Å². The predicted octanol–water partition coefficient (Wildman–Crippen LogP) is 2.49. The van der Waals surface area contributed by atoms with Gasteiger partial charge in [-0.3, -0.25) is 5.32 Å². The van der Waals surface area contributed by atoms with Gasteiger partial charge in [0.25, 0.3) is 0 Å². The lowest BCUT2D eigenvalue weighted by atomic mass is 10.2. The SMILES string of the molecule is COc1cc(NC(=S)NC(=NCC(OC)OC)Nc2nc(C)cc(C)n2)cc(OC)c1OC. The van der Waals surface area contributed by atoms with Gasteiger partial charge < -0.3 is 34.3 Å². The standard InChI is InChI=1S/C21H30N6O5S/c1-12-8-13(2)24-20(23-12)26-19(22-11-17(30-5)31-6)27-21(33)25-14-9-15(28-3)18(32-7)16(10-14)29-4/h8-10,17H,11H2,1-7H3,(H3,22,23,24,25,26,27,33). The maximum Gasteiger partial charge on any atom is 0.229 e. The zero-order valence-electron chi connectivity index (χ0n) is 19.8. The van der Waals surface area contributed by atoms with Gasteiger partial charge in [-0.15, -0.1) is 0 Å². The number of nitrogens with one attached hydrogen (secondary N) is 3. The maximum atomic E-state index is 5.48. The van der Waals surface area contributed by atoms with E-state index in [0.717, 1.165) is 11.4 Å². The van der Waals surface area contributed by atoms with E-state index in [1.165, 1.54) is 35.5 Å². The summed E-state index contributed by atoms with van der Waals surface area (Å²) < 4.78 is 26.5. The first kappa shape index (κ1) is 26.0. The summed E-state index contributed by atoms with van der Waals surface area (Å²) in [6.45, 7) is 3.97. The minimum absolute atomic E-state index is 0.208. The van der Waals surface area contributed by atoms with Crippen molar-refractivity contribution in [2.75, 3.05) is 52.7 Å². The maximum absolute atomic E-state index is 5.48. The summed E-state index contributed by atoms with van der Waals surface area (Å²) >= 11 is 5.48. The number of aliphatic imine (C=N–C) groups is 1. The molecule has 1 aromatic carbocycles. The molecule has 3 N–H and O–H groups in total. The lowest BCUT2D eigenvalue weighted by Gasteiger charge is -2.17. The van der Waals surface area contributed by atoms with Crippen molar-refractivity contribution in [1.82, 2.24) is 15.3 Å². The molecule has 0 aliphatic rings. The molecule has 0 radical (unpaired) electrons. The Kier molecular flexibility index (Phi) is 10.0. The van der Waals surface area contributed by atoms with E-state index in [1.54, 1.807) is 12.1 Å². The Morgan fingerprint density at radius 2 is 1.48 bits per heavy atom. The summed E-state index contributed by atoms with van der Waals surface area (Å²) in [6, 6.07) is 5.34. The molecular formula is C21H30N6O5S. The number of thiocarbonyl (C=S) groups is 1. The van der Waals surface area contributed by atoms with Crippen LogP contribution in [-0.4, -0.2) is 69.4 Å². The van der Waals surface area contributed by atoms with Crippen molar-refractivity contribution < 1.29 is 23.7 Å². The normalized spacial score (nSPS) is 11.2. The molecule has 180 valence electrons. The quantitative estimate of drug-likeness (QED) is 0.213. The highest BCUT2D eigenvalue weighted by Crippen LogP contribution is 2.39. The van der Waals surface area contributed by atoms with Gasteiger partial charge in [-0.1, -0.05) is 0 Å². The van der Waals surface area contributed by atoms with Crippen LogP contribution in [0.5, 0.6) is 17.2 Å². The van der Waals surface area contributed by atoms with E-state index in [-0.39, 0.29) is 11.7 Å². The van der Waals surface area contributed by atoms with Crippen LogP contribution in [0.1, 0.15) is 11.4 Å². The van der Waals surface area contributed by atoms with E-state index in [4.69, 9.17) is 35.9 Å².